The van der Waals surface area contributed by atoms with Crippen LogP contribution >= 0.6 is 11.6 Å². The fourth-order valence-electron chi connectivity index (χ4n) is 4.21. The normalized spacial score (nSPS) is 28.8. The fourth-order valence-corrected chi connectivity index (χ4v) is 4.32. The Labute approximate surface area is 151 Å². The first-order chi connectivity index (χ1) is 12.0. The van der Waals surface area contributed by atoms with Crippen molar-refractivity contribution in [3.8, 4) is 0 Å². The van der Waals surface area contributed by atoms with Crippen molar-refractivity contribution in [2.75, 3.05) is 13.1 Å². The van der Waals surface area contributed by atoms with E-state index in [2.05, 4.69) is 10.1 Å². The zero-order chi connectivity index (χ0) is 17.6. The van der Waals surface area contributed by atoms with Crippen LogP contribution in [-0.4, -0.2) is 49.9 Å². The van der Waals surface area contributed by atoms with E-state index in [-0.39, 0.29) is 11.9 Å². The third-order valence-electron chi connectivity index (χ3n) is 5.58. The minimum Gasteiger partial charge on any atom is -0.391 e. The SMILES string of the molecule is Cc1cc(C(=O)N2C[C@H]3C[C@@H](n4cncn4)[C@H](O)C[C@H]3C2)ccc1Cl. The lowest BCUT2D eigenvalue weighted by atomic mass is 9.77. The molecule has 2 aromatic rings. The number of likely N-dealkylation sites (tertiary alicyclic amines) is 1. The Hall–Kier alpha value is -1.92. The average Bonchev–Trinajstić information content (AvgIpc) is 3.25. The summed E-state index contributed by atoms with van der Waals surface area (Å²) in [6.07, 6.45) is 4.21. The second-order valence-electron chi connectivity index (χ2n) is 7.18. The van der Waals surface area contributed by atoms with Crippen LogP contribution in [0.3, 0.4) is 0 Å². The van der Waals surface area contributed by atoms with Crippen molar-refractivity contribution in [2.45, 2.75) is 31.9 Å². The van der Waals surface area contributed by atoms with Gasteiger partial charge in [-0.15, -0.1) is 0 Å². The van der Waals surface area contributed by atoms with Crippen LogP contribution in [0.5, 0.6) is 0 Å². The summed E-state index contributed by atoms with van der Waals surface area (Å²) in [5.74, 6) is 0.767. The van der Waals surface area contributed by atoms with Crippen molar-refractivity contribution in [1.82, 2.24) is 19.7 Å². The van der Waals surface area contributed by atoms with Gasteiger partial charge in [-0.2, -0.15) is 5.10 Å². The summed E-state index contributed by atoms with van der Waals surface area (Å²) in [6.45, 7) is 3.33. The molecule has 0 spiro atoms. The Morgan fingerprint density at radius 3 is 2.72 bits per heavy atom. The van der Waals surface area contributed by atoms with E-state index in [4.69, 9.17) is 11.6 Å². The third kappa shape index (κ3) is 3.04. The molecule has 1 saturated carbocycles. The number of hydrogen-bond acceptors (Lipinski definition) is 4. The van der Waals surface area contributed by atoms with Crippen molar-refractivity contribution in [2.24, 2.45) is 11.8 Å². The second kappa shape index (κ2) is 6.42. The number of hydrogen-bond donors (Lipinski definition) is 1. The summed E-state index contributed by atoms with van der Waals surface area (Å²) in [5, 5.41) is 15.3. The highest BCUT2D eigenvalue weighted by molar-refractivity contribution is 6.31. The molecule has 2 fully saturated rings. The first-order valence-corrected chi connectivity index (χ1v) is 8.98. The summed E-state index contributed by atoms with van der Waals surface area (Å²) in [5.41, 5.74) is 1.58. The number of benzene rings is 1. The molecule has 2 heterocycles. The number of amides is 1. The molecule has 132 valence electrons. The quantitative estimate of drug-likeness (QED) is 0.892. The lowest BCUT2D eigenvalue weighted by Gasteiger charge is -2.34. The molecular weight excluding hydrogens is 340 g/mol. The van der Waals surface area contributed by atoms with E-state index < -0.39 is 6.10 Å². The maximum absolute atomic E-state index is 12.8. The van der Waals surface area contributed by atoms with E-state index in [1.165, 1.54) is 6.33 Å². The van der Waals surface area contributed by atoms with Crippen LogP contribution in [-0.2, 0) is 0 Å². The second-order valence-corrected chi connectivity index (χ2v) is 7.58. The van der Waals surface area contributed by atoms with Gasteiger partial charge in [0.1, 0.15) is 12.7 Å². The van der Waals surface area contributed by atoms with E-state index in [0.717, 1.165) is 18.5 Å². The maximum atomic E-state index is 12.8. The number of aliphatic hydroxyl groups is 1. The molecule has 1 saturated heterocycles. The number of nitrogens with zero attached hydrogens (tertiary/aromatic N) is 4. The molecule has 1 aromatic heterocycles. The Kier molecular flexibility index (Phi) is 4.25. The molecule has 1 aromatic carbocycles. The van der Waals surface area contributed by atoms with Crippen LogP contribution in [0.2, 0.25) is 5.02 Å². The van der Waals surface area contributed by atoms with Crippen LogP contribution < -0.4 is 0 Å². The Balaban J connectivity index is 1.49. The summed E-state index contributed by atoms with van der Waals surface area (Å²) in [7, 11) is 0. The maximum Gasteiger partial charge on any atom is 0.253 e. The number of rotatable bonds is 2. The van der Waals surface area contributed by atoms with Gasteiger partial charge < -0.3 is 10.0 Å². The molecule has 1 aliphatic carbocycles. The highest BCUT2D eigenvalue weighted by atomic mass is 35.5. The standard InChI is InChI=1S/C18H21ClN4O2/c1-11-4-12(2-3-15(11)19)18(25)22-7-13-5-16(23-10-20-9-21-23)17(24)6-14(13)8-22/h2-4,9-10,13-14,16-17,24H,5-8H2,1H3/t13-,14+,16-,17-/m1/s1. The molecule has 0 bridgehead atoms. The molecule has 0 radical (unpaired) electrons. The first-order valence-electron chi connectivity index (χ1n) is 8.60. The van der Waals surface area contributed by atoms with Crippen molar-refractivity contribution in [3.05, 3.63) is 47.0 Å². The van der Waals surface area contributed by atoms with Gasteiger partial charge in [-0.1, -0.05) is 11.6 Å². The van der Waals surface area contributed by atoms with Gasteiger partial charge in [-0.05, 0) is 55.4 Å². The Bertz CT molecular complexity index is 779. The molecule has 6 nitrogen and oxygen atoms in total. The molecule has 1 aliphatic heterocycles. The van der Waals surface area contributed by atoms with Gasteiger partial charge >= 0.3 is 0 Å². The largest absolute Gasteiger partial charge is 0.391 e. The third-order valence-corrected chi connectivity index (χ3v) is 6.00. The van der Waals surface area contributed by atoms with Crippen LogP contribution in [0, 0.1) is 18.8 Å². The zero-order valence-electron chi connectivity index (χ0n) is 14.0. The van der Waals surface area contributed by atoms with E-state index >= 15 is 0 Å². The first kappa shape index (κ1) is 16.5. The van der Waals surface area contributed by atoms with Crippen LogP contribution in [0.25, 0.3) is 0 Å². The van der Waals surface area contributed by atoms with Crippen molar-refractivity contribution >= 4 is 17.5 Å². The molecule has 7 heteroatoms. The minimum absolute atomic E-state index is 0.0426. The minimum atomic E-state index is -0.448. The molecule has 2 aliphatic rings. The molecular formula is C18H21ClN4O2. The number of carbonyl (C=O) groups excluding carboxylic acids is 1. The Morgan fingerprint density at radius 1 is 1.28 bits per heavy atom. The number of carbonyl (C=O) groups is 1. The average molecular weight is 361 g/mol. The summed E-state index contributed by atoms with van der Waals surface area (Å²) in [4.78, 5) is 18.7. The molecule has 25 heavy (non-hydrogen) atoms. The topological polar surface area (TPSA) is 71.2 Å². The lowest BCUT2D eigenvalue weighted by molar-refractivity contribution is 0.0304. The summed E-state index contributed by atoms with van der Waals surface area (Å²) >= 11 is 6.06. The van der Waals surface area contributed by atoms with E-state index in [1.54, 1.807) is 23.1 Å². The zero-order valence-corrected chi connectivity index (χ0v) is 14.8. The molecule has 1 amide bonds. The van der Waals surface area contributed by atoms with Crippen molar-refractivity contribution in [3.63, 3.8) is 0 Å². The van der Waals surface area contributed by atoms with Gasteiger partial charge in [0.2, 0.25) is 0 Å². The molecule has 0 unspecified atom stereocenters. The lowest BCUT2D eigenvalue weighted by Crippen LogP contribution is -2.36. The molecule has 1 N–H and O–H groups in total. The molecule has 4 atom stereocenters. The Morgan fingerprint density at radius 2 is 2.04 bits per heavy atom. The van der Waals surface area contributed by atoms with Gasteiger partial charge in [0.05, 0.1) is 12.1 Å². The van der Waals surface area contributed by atoms with E-state index in [1.807, 2.05) is 17.9 Å². The van der Waals surface area contributed by atoms with Gasteiger partial charge in [-0.25, -0.2) is 9.67 Å². The molecule has 4 rings (SSSR count). The predicted octanol–water partition coefficient (Wildman–Crippen LogP) is 2.32. The highest BCUT2D eigenvalue weighted by Gasteiger charge is 2.43. The highest BCUT2D eigenvalue weighted by Crippen LogP contribution is 2.41. The van der Waals surface area contributed by atoms with Crippen molar-refractivity contribution < 1.29 is 9.90 Å². The van der Waals surface area contributed by atoms with E-state index in [9.17, 15) is 9.90 Å². The monoisotopic (exact) mass is 360 g/mol. The smallest absolute Gasteiger partial charge is 0.253 e. The summed E-state index contributed by atoms with van der Waals surface area (Å²) in [6, 6.07) is 5.35. The number of aryl methyl sites for hydroxylation is 1. The van der Waals surface area contributed by atoms with E-state index in [0.29, 0.717) is 35.4 Å². The fraction of sp³-hybridized carbons (Fsp3) is 0.500. The van der Waals surface area contributed by atoms with Gasteiger partial charge in [0.15, 0.2) is 0 Å². The van der Waals surface area contributed by atoms with Crippen LogP contribution in [0.4, 0.5) is 0 Å². The number of aliphatic hydroxyl groups excluding tert-OH is 1. The number of fused-ring (bicyclic) bond motifs is 1. The van der Waals surface area contributed by atoms with Gasteiger partial charge in [0, 0.05) is 23.7 Å². The number of halogens is 1. The van der Waals surface area contributed by atoms with Crippen molar-refractivity contribution in [1.29, 1.82) is 0 Å². The van der Waals surface area contributed by atoms with Crippen LogP contribution in [0.15, 0.2) is 30.9 Å². The summed E-state index contributed by atoms with van der Waals surface area (Å²) < 4.78 is 1.74. The predicted molar refractivity (Wildman–Crippen MR) is 93.4 cm³/mol. The van der Waals surface area contributed by atoms with Crippen LogP contribution in [0.1, 0.15) is 34.8 Å². The van der Waals surface area contributed by atoms with Gasteiger partial charge in [-0.3, -0.25) is 4.79 Å². The number of aromatic nitrogens is 3. The van der Waals surface area contributed by atoms with Gasteiger partial charge in [0.25, 0.3) is 5.91 Å².